The molecule has 1 aromatic carbocycles. The normalized spacial score (nSPS) is 10.7. The first kappa shape index (κ1) is 10.9. The van der Waals surface area contributed by atoms with Gasteiger partial charge in [-0.25, -0.2) is 0 Å². The van der Waals surface area contributed by atoms with Crippen LogP contribution in [0, 0.1) is 13.8 Å². The quantitative estimate of drug-likeness (QED) is 0.788. The molecule has 0 spiro atoms. The summed E-state index contributed by atoms with van der Waals surface area (Å²) in [5.41, 5.74) is 3.75. The molecule has 0 bridgehead atoms. The smallest absolute Gasteiger partial charge is 0.163 e. The Bertz CT molecular complexity index is 486. The molecule has 1 heterocycles. The molecule has 3 nitrogen and oxygen atoms in total. The molecule has 0 aliphatic rings. The van der Waals surface area contributed by atoms with Crippen molar-refractivity contribution in [1.82, 2.24) is 14.8 Å². The molecule has 84 valence electrons. The minimum absolute atomic E-state index is 0.963. The Hall–Kier alpha value is -1.64. The summed E-state index contributed by atoms with van der Waals surface area (Å²) in [6.45, 7) is 7.37. The van der Waals surface area contributed by atoms with Gasteiger partial charge < -0.3 is 4.57 Å². The summed E-state index contributed by atoms with van der Waals surface area (Å²) in [6.07, 6.45) is 2.89. The van der Waals surface area contributed by atoms with E-state index in [1.807, 2.05) is 0 Å². The Balaban J connectivity index is 2.42. The van der Waals surface area contributed by atoms with Gasteiger partial charge in [0.1, 0.15) is 6.33 Å². The molecule has 0 fully saturated rings. The zero-order chi connectivity index (χ0) is 11.5. The van der Waals surface area contributed by atoms with Crippen molar-refractivity contribution < 1.29 is 0 Å². The highest BCUT2D eigenvalue weighted by molar-refractivity contribution is 5.57. The van der Waals surface area contributed by atoms with Crippen molar-refractivity contribution in [2.75, 3.05) is 0 Å². The molecule has 2 rings (SSSR count). The molecule has 0 saturated carbocycles. The van der Waals surface area contributed by atoms with Gasteiger partial charge in [0.2, 0.25) is 0 Å². The second-order valence-corrected chi connectivity index (χ2v) is 4.15. The Labute approximate surface area is 96.1 Å². The van der Waals surface area contributed by atoms with Crippen LogP contribution in [0.4, 0.5) is 0 Å². The molecular weight excluding hydrogens is 198 g/mol. The van der Waals surface area contributed by atoms with E-state index in [0.717, 1.165) is 24.4 Å². The van der Waals surface area contributed by atoms with Crippen molar-refractivity contribution in [3.05, 3.63) is 35.7 Å². The summed E-state index contributed by atoms with van der Waals surface area (Å²) in [7, 11) is 0. The molecule has 1 aromatic heterocycles. The van der Waals surface area contributed by atoms with Gasteiger partial charge in [-0.1, -0.05) is 19.1 Å². The van der Waals surface area contributed by atoms with Crippen molar-refractivity contribution >= 4 is 0 Å². The molecule has 0 atom stereocenters. The lowest BCUT2D eigenvalue weighted by molar-refractivity contribution is 0.682. The third-order valence-electron chi connectivity index (χ3n) is 2.85. The molecule has 0 aliphatic heterocycles. The van der Waals surface area contributed by atoms with E-state index in [1.165, 1.54) is 11.1 Å². The van der Waals surface area contributed by atoms with E-state index < -0.39 is 0 Å². The van der Waals surface area contributed by atoms with Crippen LogP contribution in [0.5, 0.6) is 0 Å². The van der Waals surface area contributed by atoms with Crippen LogP contribution in [0.3, 0.4) is 0 Å². The molecule has 0 unspecified atom stereocenters. The van der Waals surface area contributed by atoms with Crippen LogP contribution in [-0.2, 0) is 6.54 Å². The van der Waals surface area contributed by atoms with Crippen LogP contribution < -0.4 is 0 Å². The number of hydrogen-bond acceptors (Lipinski definition) is 2. The predicted molar refractivity (Wildman–Crippen MR) is 65.2 cm³/mol. The number of rotatable bonds is 3. The average molecular weight is 215 g/mol. The lowest BCUT2D eigenvalue weighted by atomic mass is 10.1. The number of aryl methyl sites for hydroxylation is 3. The number of nitrogens with zero attached hydrogens (tertiary/aromatic N) is 3. The molecule has 0 amide bonds. The highest BCUT2D eigenvalue weighted by atomic mass is 15.3. The van der Waals surface area contributed by atoms with E-state index in [9.17, 15) is 0 Å². The highest BCUT2D eigenvalue weighted by Gasteiger charge is 2.07. The lowest BCUT2D eigenvalue weighted by Crippen LogP contribution is -1.98. The Kier molecular flexibility index (Phi) is 3.04. The molecule has 0 aliphatic carbocycles. The van der Waals surface area contributed by atoms with Crippen molar-refractivity contribution in [2.24, 2.45) is 0 Å². The summed E-state index contributed by atoms with van der Waals surface area (Å²) >= 11 is 0. The number of benzene rings is 1. The Morgan fingerprint density at radius 1 is 1.19 bits per heavy atom. The van der Waals surface area contributed by atoms with E-state index >= 15 is 0 Å². The van der Waals surface area contributed by atoms with E-state index in [1.54, 1.807) is 6.33 Å². The van der Waals surface area contributed by atoms with Crippen LogP contribution >= 0.6 is 0 Å². The summed E-state index contributed by atoms with van der Waals surface area (Å²) in [4.78, 5) is 0. The highest BCUT2D eigenvalue weighted by Crippen LogP contribution is 2.20. The maximum Gasteiger partial charge on any atom is 0.163 e. The van der Waals surface area contributed by atoms with Crippen LogP contribution in [0.25, 0.3) is 11.4 Å². The summed E-state index contributed by atoms with van der Waals surface area (Å²) in [6, 6.07) is 6.42. The molecule has 0 N–H and O–H groups in total. The van der Waals surface area contributed by atoms with E-state index in [2.05, 4.69) is 53.7 Å². The third kappa shape index (κ3) is 1.98. The van der Waals surface area contributed by atoms with Crippen molar-refractivity contribution in [3.63, 3.8) is 0 Å². The largest absolute Gasteiger partial charge is 0.314 e. The molecule has 0 radical (unpaired) electrons. The van der Waals surface area contributed by atoms with Gasteiger partial charge in [0.15, 0.2) is 5.82 Å². The first-order valence-corrected chi connectivity index (χ1v) is 5.67. The SMILES string of the molecule is CCCn1cnnc1-c1ccc(C)c(C)c1. The van der Waals surface area contributed by atoms with Crippen molar-refractivity contribution in [1.29, 1.82) is 0 Å². The minimum atomic E-state index is 0.963. The minimum Gasteiger partial charge on any atom is -0.314 e. The van der Waals surface area contributed by atoms with Gasteiger partial charge in [-0.2, -0.15) is 0 Å². The second-order valence-electron chi connectivity index (χ2n) is 4.15. The lowest BCUT2D eigenvalue weighted by Gasteiger charge is -2.06. The Morgan fingerprint density at radius 3 is 2.69 bits per heavy atom. The van der Waals surface area contributed by atoms with Crippen LogP contribution in [-0.4, -0.2) is 14.8 Å². The first-order valence-electron chi connectivity index (χ1n) is 5.67. The molecule has 3 heteroatoms. The third-order valence-corrected chi connectivity index (χ3v) is 2.85. The standard InChI is InChI=1S/C13H17N3/c1-4-7-16-9-14-15-13(16)12-6-5-10(2)11(3)8-12/h5-6,8-9H,4,7H2,1-3H3. The molecule has 2 aromatic rings. The van der Waals surface area contributed by atoms with E-state index in [-0.39, 0.29) is 0 Å². The Morgan fingerprint density at radius 2 is 2.00 bits per heavy atom. The van der Waals surface area contributed by atoms with Crippen LogP contribution in [0.1, 0.15) is 24.5 Å². The van der Waals surface area contributed by atoms with Gasteiger partial charge in [0, 0.05) is 12.1 Å². The molecule has 0 saturated heterocycles. The van der Waals surface area contributed by atoms with Gasteiger partial charge in [-0.05, 0) is 37.5 Å². The van der Waals surface area contributed by atoms with Gasteiger partial charge in [-0.15, -0.1) is 10.2 Å². The van der Waals surface area contributed by atoms with E-state index in [0.29, 0.717) is 0 Å². The fourth-order valence-corrected chi connectivity index (χ4v) is 1.76. The molecule has 16 heavy (non-hydrogen) atoms. The van der Waals surface area contributed by atoms with Gasteiger partial charge in [0.25, 0.3) is 0 Å². The van der Waals surface area contributed by atoms with E-state index in [4.69, 9.17) is 0 Å². The topological polar surface area (TPSA) is 30.7 Å². The second kappa shape index (κ2) is 4.47. The van der Waals surface area contributed by atoms with Gasteiger partial charge >= 0.3 is 0 Å². The zero-order valence-corrected chi connectivity index (χ0v) is 10.1. The first-order chi connectivity index (χ1) is 7.72. The van der Waals surface area contributed by atoms with Gasteiger partial charge in [-0.3, -0.25) is 0 Å². The van der Waals surface area contributed by atoms with Crippen LogP contribution in [0.15, 0.2) is 24.5 Å². The predicted octanol–water partition coefficient (Wildman–Crippen LogP) is 2.97. The molecular formula is C13H17N3. The fraction of sp³-hybridized carbons (Fsp3) is 0.385. The van der Waals surface area contributed by atoms with Crippen LogP contribution in [0.2, 0.25) is 0 Å². The summed E-state index contributed by atoms with van der Waals surface area (Å²) in [5.74, 6) is 0.963. The summed E-state index contributed by atoms with van der Waals surface area (Å²) < 4.78 is 2.10. The van der Waals surface area contributed by atoms with Gasteiger partial charge in [0.05, 0.1) is 0 Å². The zero-order valence-electron chi connectivity index (χ0n) is 10.1. The van der Waals surface area contributed by atoms with Crippen molar-refractivity contribution in [3.8, 4) is 11.4 Å². The number of hydrogen-bond donors (Lipinski definition) is 0. The summed E-state index contributed by atoms with van der Waals surface area (Å²) in [5, 5.41) is 8.17. The maximum absolute atomic E-state index is 4.19. The maximum atomic E-state index is 4.19. The van der Waals surface area contributed by atoms with Crippen molar-refractivity contribution in [2.45, 2.75) is 33.7 Å². The fourth-order valence-electron chi connectivity index (χ4n) is 1.76. The number of aromatic nitrogens is 3. The average Bonchev–Trinajstić information content (AvgIpc) is 2.71. The monoisotopic (exact) mass is 215 g/mol.